The fourth-order valence-corrected chi connectivity index (χ4v) is 1.75. The van der Waals surface area contributed by atoms with Crippen molar-refractivity contribution in [1.29, 1.82) is 0 Å². The lowest BCUT2D eigenvalue weighted by atomic mass is 10.0. The van der Waals surface area contributed by atoms with E-state index in [-0.39, 0.29) is 35.7 Å². The van der Waals surface area contributed by atoms with Crippen molar-refractivity contribution in [3.05, 3.63) is 33.9 Å². The summed E-state index contributed by atoms with van der Waals surface area (Å²) in [5.41, 5.74) is 0.425. The normalized spacial score (nSPS) is 13.3. The minimum Gasteiger partial charge on any atom is -0.396 e. The van der Waals surface area contributed by atoms with Gasteiger partial charge in [-0.25, -0.2) is 0 Å². The van der Waals surface area contributed by atoms with Crippen LogP contribution in [0.3, 0.4) is 0 Å². The van der Waals surface area contributed by atoms with Gasteiger partial charge >= 0.3 is 0 Å². The van der Waals surface area contributed by atoms with E-state index in [1.54, 1.807) is 6.92 Å². The molecule has 0 aromatic heterocycles. The number of nitrogens with zero attached hydrogens (tertiary/aromatic N) is 1. The van der Waals surface area contributed by atoms with Gasteiger partial charge in [0.1, 0.15) is 5.69 Å². The molecule has 1 aromatic carbocycles. The van der Waals surface area contributed by atoms with Crippen molar-refractivity contribution in [2.24, 2.45) is 5.92 Å². The number of hydrogen-bond donors (Lipinski definition) is 3. The van der Waals surface area contributed by atoms with Crippen molar-refractivity contribution in [2.75, 3.05) is 18.5 Å². The van der Waals surface area contributed by atoms with Gasteiger partial charge in [-0.2, -0.15) is 0 Å². The van der Waals surface area contributed by atoms with Crippen LogP contribution < -0.4 is 10.6 Å². The van der Waals surface area contributed by atoms with Crippen molar-refractivity contribution in [3.63, 3.8) is 0 Å². The number of benzene rings is 1. The van der Waals surface area contributed by atoms with E-state index in [0.29, 0.717) is 12.2 Å². The molecule has 0 saturated carbocycles. The molecule has 2 unspecified atom stereocenters. The lowest BCUT2D eigenvalue weighted by molar-refractivity contribution is -0.384. The highest BCUT2D eigenvalue weighted by Gasteiger charge is 2.20. The van der Waals surface area contributed by atoms with Gasteiger partial charge in [-0.3, -0.25) is 14.9 Å². The molecule has 3 N–H and O–H groups in total. The number of anilines is 1. The molecule has 0 aliphatic carbocycles. The Kier molecular flexibility index (Phi) is 6.10. The summed E-state index contributed by atoms with van der Waals surface area (Å²) in [7, 11) is 0. The molecule has 0 heterocycles. The van der Waals surface area contributed by atoms with Crippen molar-refractivity contribution >= 4 is 17.3 Å². The number of aliphatic hydroxyl groups is 1. The Labute approximate surface area is 123 Å². The summed E-state index contributed by atoms with van der Waals surface area (Å²) < 4.78 is 0. The highest BCUT2D eigenvalue weighted by atomic mass is 16.6. The Morgan fingerprint density at radius 2 is 2.10 bits per heavy atom. The van der Waals surface area contributed by atoms with Crippen molar-refractivity contribution in [1.82, 2.24) is 5.32 Å². The van der Waals surface area contributed by atoms with E-state index in [4.69, 9.17) is 5.11 Å². The molecule has 116 valence electrons. The van der Waals surface area contributed by atoms with Crippen LogP contribution in [0.25, 0.3) is 0 Å². The third-order valence-corrected chi connectivity index (χ3v) is 3.32. The standard InChI is InChI=1S/C14H21N3O4/c1-4-15-14(19)11-5-6-12(13(7-11)17(20)21)16-10(3)9(2)8-18/h5-7,9-10,16,18H,4,8H2,1-3H3,(H,15,19). The zero-order valence-corrected chi connectivity index (χ0v) is 12.4. The van der Waals surface area contributed by atoms with Crippen LogP contribution in [-0.2, 0) is 0 Å². The largest absolute Gasteiger partial charge is 0.396 e. The number of amides is 1. The number of carbonyl (C=O) groups excluding carboxylic acids is 1. The van der Waals surface area contributed by atoms with E-state index in [1.807, 2.05) is 13.8 Å². The summed E-state index contributed by atoms with van der Waals surface area (Å²) >= 11 is 0. The van der Waals surface area contributed by atoms with Gasteiger partial charge in [-0.15, -0.1) is 0 Å². The molecule has 0 aliphatic rings. The number of carbonyl (C=O) groups is 1. The minimum atomic E-state index is -0.526. The van der Waals surface area contributed by atoms with Gasteiger partial charge in [-0.05, 0) is 31.9 Å². The number of hydrogen-bond acceptors (Lipinski definition) is 5. The van der Waals surface area contributed by atoms with E-state index in [1.165, 1.54) is 18.2 Å². The smallest absolute Gasteiger partial charge is 0.293 e. The summed E-state index contributed by atoms with van der Waals surface area (Å²) in [6.45, 7) is 5.89. The lowest BCUT2D eigenvalue weighted by Crippen LogP contribution is -2.27. The number of nitrogens with one attached hydrogen (secondary N) is 2. The maximum absolute atomic E-state index is 11.7. The lowest BCUT2D eigenvalue weighted by Gasteiger charge is -2.20. The Morgan fingerprint density at radius 3 is 2.62 bits per heavy atom. The monoisotopic (exact) mass is 295 g/mol. The molecule has 2 atom stereocenters. The summed E-state index contributed by atoms with van der Waals surface area (Å²) in [5.74, 6) is -0.392. The molecule has 0 bridgehead atoms. The third kappa shape index (κ3) is 4.42. The van der Waals surface area contributed by atoms with Crippen LogP contribution in [0.1, 0.15) is 31.1 Å². The van der Waals surface area contributed by atoms with Gasteiger partial charge in [0.15, 0.2) is 0 Å². The average molecular weight is 295 g/mol. The summed E-state index contributed by atoms with van der Waals surface area (Å²) in [4.78, 5) is 22.4. The second-order valence-electron chi connectivity index (χ2n) is 4.94. The van der Waals surface area contributed by atoms with Gasteiger partial charge in [0.2, 0.25) is 0 Å². The van der Waals surface area contributed by atoms with Gasteiger partial charge < -0.3 is 15.7 Å². The van der Waals surface area contributed by atoms with Gasteiger partial charge in [-0.1, -0.05) is 6.92 Å². The van der Waals surface area contributed by atoms with Crippen LogP contribution >= 0.6 is 0 Å². The number of aliphatic hydroxyl groups excluding tert-OH is 1. The van der Waals surface area contributed by atoms with Crippen LogP contribution in [-0.4, -0.2) is 35.1 Å². The maximum atomic E-state index is 11.7. The second kappa shape index (κ2) is 7.58. The zero-order valence-electron chi connectivity index (χ0n) is 12.4. The van der Waals surface area contributed by atoms with E-state index in [2.05, 4.69) is 10.6 Å². The first-order valence-corrected chi connectivity index (χ1v) is 6.84. The minimum absolute atomic E-state index is 0.0149. The van der Waals surface area contributed by atoms with Crippen LogP contribution in [0.2, 0.25) is 0 Å². The molecule has 0 radical (unpaired) electrons. The first-order valence-electron chi connectivity index (χ1n) is 6.84. The quantitative estimate of drug-likeness (QED) is 0.525. The number of nitro benzene ring substituents is 1. The molecule has 0 spiro atoms. The first-order chi connectivity index (χ1) is 9.90. The fraction of sp³-hybridized carbons (Fsp3) is 0.500. The van der Waals surface area contributed by atoms with E-state index >= 15 is 0 Å². The molecule has 1 amide bonds. The van der Waals surface area contributed by atoms with Crippen LogP contribution in [0.4, 0.5) is 11.4 Å². The Morgan fingerprint density at radius 1 is 1.43 bits per heavy atom. The molecular weight excluding hydrogens is 274 g/mol. The highest BCUT2D eigenvalue weighted by Crippen LogP contribution is 2.27. The van der Waals surface area contributed by atoms with Crippen molar-refractivity contribution in [2.45, 2.75) is 26.8 Å². The van der Waals surface area contributed by atoms with Crippen molar-refractivity contribution < 1.29 is 14.8 Å². The summed E-state index contributed by atoms with van der Waals surface area (Å²) in [5, 5.41) is 25.9. The second-order valence-corrected chi connectivity index (χ2v) is 4.94. The zero-order chi connectivity index (χ0) is 16.0. The Bertz CT molecular complexity index is 519. The predicted molar refractivity (Wildman–Crippen MR) is 80.4 cm³/mol. The van der Waals surface area contributed by atoms with Gasteiger partial charge in [0.05, 0.1) is 4.92 Å². The van der Waals surface area contributed by atoms with Gasteiger partial charge in [0.25, 0.3) is 11.6 Å². The molecule has 0 fully saturated rings. The van der Waals surface area contributed by atoms with Gasteiger partial charge in [0, 0.05) is 30.8 Å². The average Bonchev–Trinajstić information content (AvgIpc) is 2.46. The first kappa shape index (κ1) is 16.9. The van der Waals surface area contributed by atoms with Crippen LogP contribution in [0.15, 0.2) is 18.2 Å². The maximum Gasteiger partial charge on any atom is 0.293 e. The number of rotatable bonds is 7. The fourth-order valence-electron chi connectivity index (χ4n) is 1.75. The third-order valence-electron chi connectivity index (χ3n) is 3.32. The Hall–Kier alpha value is -2.15. The summed E-state index contributed by atoms with van der Waals surface area (Å²) in [6.07, 6.45) is 0. The molecule has 0 saturated heterocycles. The molecule has 0 aliphatic heterocycles. The molecule has 21 heavy (non-hydrogen) atoms. The summed E-state index contributed by atoms with van der Waals surface area (Å²) in [6, 6.07) is 4.17. The molecule has 1 aromatic rings. The molecule has 1 rings (SSSR count). The molecular formula is C14H21N3O4. The predicted octanol–water partition coefficient (Wildman–Crippen LogP) is 1.77. The molecule has 7 heteroatoms. The topological polar surface area (TPSA) is 104 Å². The Balaban J connectivity index is 3.05. The SMILES string of the molecule is CCNC(=O)c1ccc(NC(C)C(C)CO)c([N+](=O)[O-])c1. The van der Waals surface area contributed by atoms with Crippen LogP contribution in [0.5, 0.6) is 0 Å². The molecule has 7 nitrogen and oxygen atoms in total. The van der Waals surface area contributed by atoms with E-state index in [9.17, 15) is 14.9 Å². The van der Waals surface area contributed by atoms with Crippen LogP contribution in [0, 0.1) is 16.0 Å². The van der Waals surface area contributed by atoms with E-state index < -0.39 is 4.92 Å². The van der Waals surface area contributed by atoms with Crippen molar-refractivity contribution in [3.8, 4) is 0 Å². The number of nitro groups is 1. The van der Waals surface area contributed by atoms with E-state index in [0.717, 1.165) is 0 Å². The highest BCUT2D eigenvalue weighted by molar-refractivity contribution is 5.95.